The highest BCUT2D eigenvalue weighted by Crippen LogP contribution is 2.35. The molecular formula is C33H45N7O3. The number of amides is 2. The minimum Gasteiger partial charge on any atom is -0.494 e. The molecule has 1 fully saturated rings. The lowest BCUT2D eigenvalue weighted by atomic mass is 9.85. The van der Waals surface area contributed by atoms with Gasteiger partial charge >= 0.3 is 0 Å². The van der Waals surface area contributed by atoms with Gasteiger partial charge in [0.05, 0.1) is 24.4 Å². The van der Waals surface area contributed by atoms with E-state index in [4.69, 9.17) is 4.74 Å². The number of rotatable bonds is 10. The van der Waals surface area contributed by atoms with Crippen LogP contribution in [0.5, 0.6) is 5.75 Å². The standard InChI is InChI=1S/C33H45N7O3/c1-20(34-5)18-35-29(33(2,3)4)32(42)40-14-8-11-27(40)31(41)39-26-16-24-25(17-28(26)43-6)36-19-37-30(24)38-23-13-12-21-9-7-10-22(21)15-23/h12-13,15-17,19-20,27,29,34-35H,7-11,14,18H2,1-6H3,(H,39,41)(H,36,37,38)/t20-,27-,29+/m0/s1. The monoisotopic (exact) mass is 587 g/mol. The van der Waals surface area contributed by atoms with Gasteiger partial charge in [-0.25, -0.2) is 9.97 Å². The van der Waals surface area contributed by atoms with Crippen molar-refractivity contribution < 1.29 is 14.3 Å². The van der Waals surface area contributed by atoms with Crippen LogP contribution in [-0.2, 0) is 22.4 Å². The lowest BCUT2D eigenvalue weighted by Gasteiger charge is -2.36. The summed E-state index contributed by atoms with van der Waals surface area (Å²) in [6.07, 6.45) is 6.29. The maximum Gasteiger partial charge on any atom is 0.247 e. The zero-order valence-electron chi connectivity index (χ0n) is 26.2. The first-order valence-corrected chi connectivity index (χ1v) is 15.3. The van der Waals surface area contributed by atoms with Crippen LogP contribution in [0.3, 0.4) is 0 Å². The van der Waals surface area contributed by atoms with E-state index in [1.54, 1.807) is 18.1 Å². The van der Waals surface area contributed by atoms with Gasteiger partial charge < -0.3 is 30.9 Å². The third-order valence-electron chi connectivity index (χ3n) is 8.65. The summed E-state index contributed by atoms with van der Waals surface area (Å²) in [7, 11) is 3.47. The Morgan fingerprint density at radius 2 is 1.88 bits per heavy atom. The Labute approximate surface area is 254 Å². The summed E-state index contributed by atoms with van der Waals surface area (Å²) in [4.78, 5) is 38.3. The third-order valence-corrected chi connectivity index (χ3v) is 8.65. The van der Waals surface area contributed by atoms with Crippen LogP contribution >= 0.6 is 0 Å². The summed E-state index contributed by atoms with van der Waals surface area (Å²) in [6, 6.07) is 9.32. The van der Waals surface area contributed by atoms with Gasteiger partial charge in [-0.2, -0.15) is 0 Å². The lowest BCUT2D eigenvalue weighted by molar-refractivity contribution is -0.140. The number of likely N-dealkylation sites (tertiary alicyclic amines) is 1. The molecule has 4 N–H and O–H groups in total. The van der Waals surface area contributed by atoms with Crippen molar-refractivity contribution in [2.45, 2.75) is 77.9 Å². The van der Waals surface area contributed by atoms with Crippen LogP contribution in [0.2, 0.25) is 0 Å². The number of aryl methyl sites for hydroxylation is 2. The van der Waals surface area contributed by atoms with Crippen LogP contribution in [0.1, 0.15) is 58.1 Å². The van der Waals surface area contributed by atoms with Crippen molar-refractivity contribution in [3.05, 3.63) is 47.8 Å². The number of hydrogen-bond donors (Lipinski definition) is 4. The normalized spacial score (nSPS) is 17.9. The Kier molecular flexibility index (Phi) is 9.17. The number of nitrogens with zero attached hydrogens (tertiary/aromatic N) is 3. The van der Waals surface area contributed by atoms with E-state index < -0.39 is 12.1 Å². The van der Waals surface area contributed by atoms with Gasteiger partial charge in [-0.3, -0.25) is 9.59 Å². The Balaban J connectivity index is 1.38. The van der Waals surface area contributed by atoms with Gasteiger partial charge in [0.15, 0.2) is 0 Å². The molecule has 0 unspecified atom stereocenters. The number of anilines is 3. The molecule has 10 nitrogen and oxygen atoms in total. The van der Waals surface area contributed by atoms with Gasteiger partial charge in [-0.05, 0) is 80.8 Å². The number of methoxy groups -OCH3 is 1. The molecule has 1 aromatic heterocycles. The number of likely N-dealkylation sites (N-methyl/N-ethyl adjacent to an activating group) is 1. The minimum atomic E-state index is -0.572. The highest BCUT2D eigenvalue weighted by molar-refractivity contribution is 6.02. The smallest absolute Gasteiger partial charge is 0.247 e. The van der Waals surface area contributed by atoms with Crippen molar-refractivity contribution in [3.8, 4) is 5.75 Å². The molecule has 1 saturated heterocycles. The maximum atomic E-state index is 13.9. The zero-order chi connectivity index (χ0) is 30.7. The van der Waals surface area contributed by atoms with Crippen LogP contribution in [0.25, 0.3) is 10.9 Å². The molecule has 0 radical (unpaired) electrons. The SMILES string of the molecule is CN[C@@H](C)CN[C@H](C(=O)N1CCC[C@H]1C(=O)Nc1cc2c(Nc3ccc4c(c3)CCC4)ncnc2cc1OC)C(C)(C)C. The summed E-state index contributed by atoms with van der Waals surface area (Å²) in [5.41, 5.74) is 4.63. The Hall–Kier alpha value is -3.76. The number of hydrogen-bond acceptors (Lipinski definition) is 8. The lowest BCUT2D eigenvalue weighted by Crippen LogP contribution is -2.57. The van der Waals surface area contributed by atoms with Gasteiger partial charge in [-0.15, -0.1) is 0 Å². The number of carbonyl (C=O) groups excluding carboxylic acids is 2. The molecule has 2 aromatic carbocycles. The first kappa shape index (κ1) is 30.7. The second-order valence-electron chi connectivity index (χ2n) is 12.8. The number of carbonyl (C=O) groups is 2. The Morgan fingerprint density at radius 3 is 2.63 bits per heavy atom. The molecule has 1 aliphatic carbocycles. The highest BCUT2D eigenvalue weighted by Gasteiger charge is 2.41. The van der Waals surface area contributed by atoms with E-state index in [1.807, 2.05) is 33.9 Å². The summed E-state index contributed by atoms with van der Waals surface area (Å²) in [6.45, 7) is 9.41. The zero-order valence-corrected chi connectivity index (χ0v) is 26.2. The van der Waals surface area contributed by atoms with Crippen molar-refractivity contribution in [1.29, 1.82) is 0 Å². The van der Waals surface area contributed by atoms with Crippen molar-refractivity contribution in [3.63, 3.8) is 0 Å². The molecule has 2 amide bonds. The van der Waals surface area contributed by atoms with E-state index in [0.29, 0.717) is 42.3 Å². The summed E-state index contributed by atoms with van der Waals surface area (Å²) >= 11 is 0. The second kappa shape index (κ2) is 12.9. The molecule has 230 valence electrons. The number of nitrogens with one attached hydrogen (secondary N) is 4. The van der Waals surface area contributed by atoms with E-state index in [0.717, 1.165) is 30.3 Å². The number of aromatic nitrogens is 2. The molecule has 2 heterocycles. The fraction of sp³-hybridized carbons (Fsp3) is 0.515. The van der Waals surface area contributed by atoms with Crippen LogP contribution in [0, 0.1) is 5.41 Å². The fourth-order valence-electron chi connectivity index (χ4n) is 6.08. The predicted octanol–water partition coefficient (Wildman–Crippen LogP) is 4.41. The van der Waals surface area contributed by atoms with Crippen LogP contribution < -0.4 is 26.0 Å². The van der Waals surface area contributed by atoms with Crippen molar-refractivity contribution in [2.75, 3.05) is 37.9 Å². The quantitative estimate of drug-likeness (QED) is 0.275. The summed E-state index contributed by atoms with van der Waals surface area (Å²) in [5, 5.41) is 13.9. The molecule has 1 aliphatic heterocycles. The van der Waals surface area contributed by atoms with Crippen LogP contribution in [0.15, 0.2) is 36.7 Å². The van der Waals surface area contributed by atoms with Gasteiger partial charge in [0.1, 0.15) is 23.9 Å². The van der Waals surface area contributed by atoms with Gasteiger partial charge in [0.2, 0.25) is 11.8 Å². The largest absolute Gasteiger partial charge is 0.494 e. The Bertz CT molecular complexity index is 1490. The number of benzene rings is 2. The molecule has 3 atom stereocenters. The summed E-state index contributed by atoms with van der Waals surface area (Å²) < 4.78 is 5.66. The summed E-state index contributed by atoms with van der Waals surface area (Å²) in [5.74, 6) is 0.862. The van der Waals surface area contributed by atoms with Crippen LogP contribution in [-0.4, -0.2) is 72.1 Å². The van der Waals surface area contributed by atoms with Gasteiger partial charge in [0.25, 0.3) is 0 Å². The van der Waals surface area contributed by atoms with E-state index in [9.17, 15) is 9.59 Å². The van der Waals surface area contributed by atoms with Gasteiger partial charge in [-0.1, -0.05) is 26.8 Å². The third kappa shape index (κ3) is 6.75. The maximum absolute atomic E-state index is 13.9. The number of fused-ring (bicyclic) bond motifs is 2. The average molecular weight is 588 g/mol. The van der Waals surface area contributed by atoms with Crippen molar-refractivity contribution in [2.24, 2.45) is 5.41 Å². The van der Waals surface area contributed by atoms with Crippen LogP contribution in [0.4, 0.5) is 17.2 Å². The topological polar surface area (TPSA) is 121 Å². The molecule has 2 aliphatic rings. The van der Waals surface area contributed by atoms with E-state index >= 15 is 0 Å². The first-order chi connectivity index (χ1) is 20.6. The highest BCUT2D eigenvalue weighted by atomic mass is 16.5. The van der Waals surface area contributed by atoms with E-state index in [1.165, 1.54) is 23.9 Å². The molecule has 10 heteroatoms. The molecule has 0 spiro atoms. The molecule has 43 heavy (non-hydrogen) atoms. The molecule has 0 bridgehead atoms. The van der Waals surface area contributed by atoms with Gasteiger partial charge in [0, 0.05) is 36.3 Å². The average Bonchev–Trinajstić information content (AvgIpc) is 3.66. The fourth-order valence-corrected chi connectivity index (χ4v) is 6.08. The first-order valence-electron chi connectivity index (χ1n) is 15.3. The minimum absolute atomic E-state index is 0.0480. The molecule has 5 rings (SSSR count). The Morgan fingerprint density at radius 1 is 1.09 bits per heavy atom. The van der Waals surface area contributed by atoms with Crippen molar-refractivity contribution >= 4 is 39.9 Å². The molecular weight excluding hydrogens is 542 g/mol. The molecule has 0 saturated carbocycles. The number of ether oxygens (including phenoxy) is 1. The molecule has 3 aromatic rings. The predicted molar refractivity (Wildman–Crippen MR) is 171 cm³/mol. The van der Waals surface area contributed by atoms with E-state index in [2.05, 4.69) is 56.4 Å². The van der Waals surface area contributed by atoms with Crippen molar-refractivity contribution in [1.82, 2.24) is 25.5 Å². The van der Waals surface area contributed by atoms with E-state index in [-0.39, 0.29) is 23.3 Å². The second-order valence-corrected chi connectivity index (χ2v) is 12.8.